The Kier molecular flexibility index (Phi) is 3.62. The molecule has 0 aliphatic carbocycles. The van der Waals surface area contributed by atoms with Gasteiger partial charge < -0.3 is 10.3 Å². The molecule has 2 rings (SSSR count). The van der Waals surface area contributed by atoms with Gasteiger partial charge in [0.05, 0.1) is 0 Å². The summed E-state index contributed by atoms with van der Waals surface area (Å²) in [6, 6.07) is 5.82. The van der Waals surface area contributed by atoms with Crippen molar-refractivity contribution in [3.63, 3.8) is 0 Å². The van der Waals surface area contributed by atoms with Crippen LogP contribution in [0.2, 0.25) is 5.02 Å². The number of aromatic nitrogens is 1. The summed E-state index contributed by atoms with van der Waals surface area (Å²) in [7, 11) is 0. The third-order valence-corrected chi connectivity index (χ3v) is 3.29. The van der Waals surface area contributed by atoms with Crippen LogP contribution in [-0.2, 0) is 6.42 Å². The lowest BCUT2D eigenvalue weighted by atomic mass is 9.98. The molecule has 0 atom stereocenters. The van der Waals surface area contributed by atoms with Gasteiger partial charge in [-0.05, 0) is 37.0 Å². The molecule has 18 heavy (non-hydrogen) atoms. The van der Waals surface area contributed by atoms with Gasteiger partial charge in [0.25, 0.3) is 0 Å². The van der Waals surface area contributed by atoms with Gasteiger partial charge in [-0.15, -0.1) is 0 Å². The van der Waals surface area contributed by atoms with Crippen molar-refractivity contribution in [2.45, 2.75) is 27.2 Å². The van der Waals surface area contributed by atoms with Crippen molar-refractivity contribution in [2.24, 2.45) is 5.92 Å². The molecule has 0 amide bonds. The zero-order valence-corrected chi connectivity index (χ0v) is 11.6. The molecule has 0 fully saturated rings. The summed E-state index contributed by atoms with van der Waals surface area (Å²) in [5, 5.41) is 4.82. The molecule has 96 valence electrons. The Hall–Kier alpha value is -1.48. The van der Waals surface area contributed by atoms with Crippen LogP contribution in [0, 0.1) is 12.8 Å². The monoisotopic (exact) mass is 264 g/mol. The number of aryl methyl sites for hydroxylation is 1. The van der Waals surface area contributed by atoms with Gasteiger partial charge in [-0.25, -0.2) is 0 Å². The first kappa shape index (κ1) is 13.0. The maximum atomic E-state index is 6.03. The van der Waals surface area contributed by atoms with E-state index in [1.807, 2.05) is 25.1 Å². The van der Waals surface area contributed by atoms with E-state index in [0.717, 1.165) is 33.8 Å². The number of benzene rings is 1. The van der Waals surface area contributed by atoms with Crippen molar-refractivity contribution in [2.75, 3.05) is 5.73 Å². The lowest BCUT2D eigenvalue weighted by Crippen LogP contribution is -1.98. The summed E-state index contributed by atoms with van der Waals surface area (Å²) < 4.78 is 5.12. The van der Waals surface area contributed by atoms with Crippen LogP contribution in [0.4, 0.5) is 5.88 Å². The summed E-state index contributed by atoms with van der Waals surface area (Å²) in [5.74, 6) is 0.908. The fraction of sp³-hybridized carbons (Fsp3) is 0.357. The molecule has 0 radical (unpaired) electrons. The van der Waals surface area contributed by atoms with Crippen molar-refractivity contribution >= 4 is 17.5 Å². The smallest absolute Gasteiger partial charge is 0.225 e. The Balaban J connectivity index is 2.47. The van der Waals surface area contributed by atoms with E-state index >= 15 is 0 Å². The Labute approximate surface area is 112 Å². The highest BCUT2D eigenvalue weighted by molar-refractivity contribution is 6.31. The number of halogens is 1. The van der Waals surface area contributed by atoms with Gasteiger partial charge in [0, 0.05) is 16.1 Å². The number of anilines is 1. The minimum atomic E-state index is 0.409. The van der Waals surface area contributed by atoms with Gasteiger partial charge in [0.2, 0.25) is 5.88 Å². The predicted octanol–water partition coefficient (Wildman–Crippen LogP) is 4.08. The van der Waals surface area contributed by atoms with Crippen LogP contribution in [0.15, 0.2) is 22.7 Å². The van der Waals surface area contributed by atoms with E-state index in [9.17, 15) is 0 Å². The largest absolute Gasteiger partial charge is 0.367 e. The van der Waals surface area contributed by atoms with Gasteiger partial charge in [-0.1, -0.05) is 36.7 Å². The molecule has 3 nitrogen and oxygen atoms in total. The van der Waals surface area contributed by atoms with Crippen LogP contribution in [0.5, 0.6) is 0 Å². The lowest BCUT2D eigenvalue weighted by Gasteiger charge is -2.06. The van der Waals surface area contributed by atoms with Crippen molar-refractivity contribution in [1.29, 1.82) is 0 Å². The summed E-state index contributed by atoms with van der Waals surface area (Å²) in [6.45, 7) is 6.25. The quantitative estimate of drug-likeness (QED) is 0.909. The molecule has 0 spiro atoms. The van der Waals surface area contributed by atoms with Crippen molar-refractivity contribution in [3.8, 4) is 11.3 Å². The van der Waals surface area contributed by atoms with E-state index in [-0.39, 0.29) is 0 Å². The van der Waals surface area contributed by atoms with Gasteiger partial charge >= 0.3 is 0 Å². The fourth-order valence-electron chi connectivity index (χ4n) is 1.95. The summed E-state index contributed by atoms with van der Waals surface area (Å²) in [5.41, 5.74) is 9.65. The molecule has 1 aromatic carbocycles. The van der Waals surface area contributed by atoms with Crippen LogP contribution in [0.1, 0.15) is 25.0 Å². The van der Waals surface area contributed by atoms with Crippen molar-refractivity contribution in [3.05, 3.63) is 34.3 Å². The second-order valence-corrected chi connectivity index (χ2v) is 5.34. The van der Waals surface area contributed by atoms with E-state index in [1.165, 1.54) is 0 Å². The van der Waals surface area contributed by atoms with Gasteiger partial charge in [-0.3, -0.25) is 0 Å². The SMILES string of the molecule is Cc1cc(-c2noc(N)c2CC(C)C)ccc1Cl. The molecule has 1 heterocycles. The lowest BCUT2D eigenvalue weighted by molar-refractivity contribution is 0.438. The summed E-state index contributed by atoms with van der Waals surface area (Å²) in [4.78, 5) is 0. The van der Waals surface area contributed by atoms with E-state index in [0.29, 0.717) is 11.8 Å². The van der Waals surface area contributed by atoms with Crippen LogP contribution >= 0.6 is 11.6 Å². The topological polar surface area (TPSA) is 52.0 Å². The molecule has 4 heteroatoms. The van der Waals surface area contributed by atoms with E-state index in [2.05, 4.69) is 19.0 Å². The number of nitrogens with two attached hydrogens (primary N) is 1. The third kappa shape index (κ3) is 2.51. The zero-order chi connectivity index (χ0) is 13.3. The highest BCUT2D eigenvalue weighted by atomic mass is 35.5. The first-order valence-corrected chi connectivity index (χ1v) is 6.37. The Morgan fingerprint density at radius 2 is 2.11 bits per heavy atom. The summed E-state index contributed by atoms with van der Waals surface area (Å²) in [6.07, 6.45) is 0.854. The maximum absolute atomic E-state index is 6.03. The van der Waals surface area contributed by atoms with Crippen molar-refractivity contribution < 1.29 is 4.52 Å². The Morgan fingerprint density at radius 3 is 2.72 bits per heavy atom. The average Bonchev–Trinajstić information content (AvgIpc) is 2.64. The van der Waals surface area contributed by atoms with Gasteiger partial charge in [0.1, 0.15) is 5.69 Å². The first-order chi connectivity index (χ1) is 8.49. The van der Waals surface area contributed by atoms with Crippen LogP contribution in [0.3, 0.4) is 0 Å². The van der Waals surface area contributed by atoms with Crippen LogP contribution < -0.4 is 5.73 Å². The minimum Gasteiger partial charge on any atom is -0.367 e. The van der Waals surface area contributed by atoms with Crippen molar-refractivity contribution in [1.82, 2.24) is 5.16 Å². The number of nitrogens with zero attached hydrogens (tertiary/aromatic N) is 1. The van der Waals surface area contributed by atoms with E-state index in [4.69, 9.17) is 21.9 Å². The molecule has 0 bridgehead atoms. The molecular formula is C14H17ClN2O. The summed E-state index contributed by atoms with van der Waals surface area (Å²) >= 11 is 6.03. The van der Waals surface area contributed by atoms with Crippen LogP contribution in [-0.4, -0.2) is 5.16 Å². The van der Waals surface area contributed by atoms with E-state index < -0.39 is 0 Å². The van der Waals surface area contributed by atoms with Gasteiger partial charge in [-0.2, -0.15) is 0 Å². The molecule has 2 aromatic rings. The third-order valence-electron chi connectivity index (χ3n) is 2.86. The number of rotatable bonds is 3. The normalized spacial score (nSPS) is 11.2. The molecule has 0 unspecified atom stereocenters. The zero-order valence-electron chi connectivity index (χ0n) is 10.8. The molecule has 0 saturated heterocycles. The Morgan fingerprint density at radius 1 is 1.39 bits per heavy atom. The predicted molar refractivity (Wildman–Crippen MR) is 74.6 cm³/mol. The second kappa shape index (κ2) is 5.02. The Bertz CT molecular complexity index is 561. The number of hydrogen-bond acceptors (Lipinski definition) is 3. The first-order valence-electron chi connectivity index (χ1n) is 5.99. The average molecular weight is 265 g/mol. The molecule has 0 saturated carbocycles. The molecule has 1 aromatic heterocycles. The van der Waals surface area contributed by atoms with Gasteiger partial charge in [0.15, 0.2) is 0 Å². The highest BCUT2D eigenvalue weighted by Gasteiger charge is 2.16. The number of hydrogen-bond donors (Lipinski definition) is 1. The molecule has 0 aliphatic heterocycles. The molecule has 2 N–H and O–H groups in total. The minimum absolute atomic E-state index is 0.409. The molecule has 0 aliphatic rings. The van der Waals surface area contributed by atoms with Crippen LogP contribution in [0.25, 0.3) is 11.3 Å². The fourth-order valence-corrected chi connectivity index (χ4v) is 2.06. The van der Waals surface area contributed by atoms with E-state index in [1.54, 1.807) is 0 Å². The maximum Gasteiger partial charge on any atom is 0.225 e. The number of nitrogen functional groups attached to an aromatic ring is 1. The standard InChI is InChI=1S/C14H17ClN2O/c1-8(2)6-11-13(17-18-14(11)16)10-4-5-12(15)9(3)7-10/h4-5,7-8H,6,16H2,1-3H3. The molecular weight excluding hydrogens is 248 g/mol. The highest BCUT2D eigenvalue weighted by Crippen LogP contribution is 2.31. The second-order valence-electron chi connectivity index (χ2n) is 4.94.